The number of carbonyl (C=O) groups is 3. The van der Waals surface area contributed by atoms with E-state index in [2.05, 4.69) is 11.9 Å². The molecule has 1 aliphatic carbocycles. The average Bonchev–Trinajstić information content (AvgIpc) is 2.86. The van der Waals surface area contributed by atoms with Gasteiger partial charge in [-0.3, -0.25) is 19.4 Å². The highest BCUT2D eigenvalue weighted by Crippen LogP contribution is 2.46. The highest BCUT2D eigenvalue weighted by molar-refractivity contribution is 6.11. The standard InChI is InChI=1S/C21H25NO4/c1-4-6-7-9-17(23)18-16-11-13-10-14(8-5-2)22-12-15(13)19(24)21(16,3)26-20(18)25/h5,8,10,12,16,18H,4,6-7,9,11H2,1-3H3/b8-5+/t16-,18+,21-/m0/s1. The first-order valence-corrected chi connectivity index (χ1v) is 9.34. The van der Waals surface area contributed by atoms with E-state index in [1.165, 1.54) is 0 Å². The summed E-state index contributed by atoms with van der Waals surface area (Å²) in [5.41, 5.74) is 0.826. The molecule has 1 saturated heterocycles. The average molecular weight is 355 g/mol. The number of hydrogen-bond acceptors (Lipinski definition) is 5. The summed E-state index contributed by atoms with van der Waals surface area (Å²) in [6.07, 6.45) is 8.86. The normalized spacial score (nSPS) is 27.3. The van der Waals surface area contributed by atoms with Gasteiger partial charge >= 0.3 is 5.97 Å². The molecule has 3 rings (SSSR count). The van der Waals surface area contributed by atoms with Gasteiger partial charge in [-0.2, -0.15) is 0 Å². The molecule has 0 aromatic carbocycles. The Kier molecular flexibility index (Phi) is 5.08. The number of ketones is 2. The predicted octanol–water partition coefficient (Wildman–Crippen LogP) is 3.55. The minimum Gasteiger partial charge on any atom is -0.450 e. The Bertz CT molecular complexity index is 782. The van der Waals surface area contributed by atoms with Crippen molar-refractivity contribution in [2.24, 2.45) is 11.8 Å². The first kappa shape index (κ1) is 18.5. The van der Waals surface area contributed by atoms with E-state index >= 15 is 0 Å². The maximum Gasteiger partial charge on any atom is 0.317 e. The Morgan fingerprint density at radius 2 is 2.15 bits per heavy atom. The fraction of sp³-hybridized carbons (Fsp3) is 0.524. The van der Waals surface area contributed by atoms with Gasteiger partial charge in [0.15, 0.2) is 5.60 Å². The quantitative estimate of drug-likeness (QED) is 0.443. The van der Waals surface area contributed by atoms with E-state index in [0.717, 1.165) is 30.5 Å². The minimum absolute atomic E-state index is 0.101. The van der Waals surface area contributed by atoms with Crippen LogP contribution in [0.3, 0.4) is 0 Å². The molecule has 1 aromatic heterocycles. The zero-order valence-electron chi connectivity index (χ0n) is 15.6. The fourth-order valence-electron chi connectivity index (χ4n) is 4.07. The van der Waals surface area contributed by atoms with Crippen LogP contribution in [0.5, 0.6) is 0 Å². The van der Waals surface area contributed by atoms with Gasteiger partial charge < -0.3 is 4.74 Å². The van der Waals surface area contributed by atoms with E-state index < -0.39 is 23.4 Å². The number of allylic oxidation sites excluding steroid dienone is 1. The molecule has 5 heteroatoms. The highest BCUT2D eigenvalue weighted by atomic mass is 16.6. The number of rotatable bonds is 6. The van der Waals surface area contributed by atoms with Gasteiger partial charge in [0, 0.05) is 24.1 Å². The van der Waals surface area contributed by atoms with Crippen molar-refractivity contribution in [3.63, 3.8) is 0 Å². The number of carbonyl (C=O) groups excluding carboxylic acids is 3. The zero-order valence-corrected chi connectivity index (χ0v) is 15.6. The molecule has 0 spiro atoms. The van der Waals surface area contributed by atoms with Crippen molar-refractivity contribution in [3.05, 3.63) is 35.2 Å². The smallest absolute Gasteiger partial charge is 0.317 e. The number of unbranched alkanes of at least 4 members (excludes halogenated alkanes) is 2. The maximum absolute atomic E-state index is 13.0. The number of ether oxygens (including phenoxy) is 1. The largest absolute Gasteiger partial charge is 0.450 e. The SMILES string of the molecule is C/C=C/c1cc2c(cn1)C(=O)[C@@]1(C)OC(=O)[C@@H](C(=O)CCCCC)[C@@H]1C2. The molecule has 2 aliphatic rings. The first-order valence-electron chi connectivity index (χ1n) is 9.34. The van der Waals surface area contributed by atoms with E-state index in [0.29, 0.717) is 18.4 Å². The summed E-state index contributed by atoms with van der Waals surface area (Å²) >= 11 is 0. The van der Waals surface area contributed by atoms with Gasteiger partial charge in [-0.15, -0.1) is 0 Å². The Hall–Kier alpha value is -2.30. The molecule has 0 N–H and O–H groups in total. The van der Waals surface area contributed by atoms with Crippen molar-refractivity contribution in [1.29, 1.82) is 0 Å². The van der Waals surface area contributed by atoms with Crippen molar-refractivity contribution in [2.45, 2.75) is 58.5 Å². The van der Waals surface area contributed by atoms with Gasteiger partial charge in [-0.25, -0.2) is 0 Å². The third-order valence-corrected chi connectivity index (χ3v) is 5.53. The summed E-state index contributed by atoms with van der Waals surface area (Å²) in [6.45, 7) is 5.61. The van der Waals surface area contributed by atoms with Crippen LogP contribution in [0.15, 0.2) is 18.3 Å². The van der Waals surface area contributed by atoms with E-state index in [1.54, 1.807) is 13.1 Å². The minimum atomic E-state index is -1.26. The summed E-state index contributed by atoms with van der Waals surface area (Å²) < 4.78 is 5.49. The number of Topliss-reactive ketones (excluding diaryl/α,β-unsaturated/α-hetero) is 2. The van der Waals surface area contributed by atoms with Crippen LogP contribution in [0, 0.1) is 11.8 Å². The fourth-order valence-corrected chi connectivity index (χ4v) is 4.07. The second kappa shape index (κ2) is 7.14. The van der Waals surface area contributed by atoms with Gasteiger partial charge in [0.2, 0.25) is 5.78 Å². The van der Waals surface area contributed by atoms with Crippen LogP contribution in [0.2, 0.25) is 0 Å². The lowest BCUT2D eigenvalue weighted by molar-refractivity contribution is -0.149. The van der Waals surface area contributed by atoms with Crippen molar-refractivity contribution >= 4 is 23.6 Å². The van der Waals surface area contributed by atoms with E-state index in [4.69, 9.17) is 4.74 Å². The summed E-state index contributed by atoms with van der Waals surface area (Å²) in [6, 6.07) is 1.87. The van der Waals surface area contributed by atoms with Crippen LogP contribution in [0.4, 0.5) is 0 Å². The summed E-state index contributed by atoms with van der Waals surface area (Å²) in [5.74, 6) is -2.18. The molecule has 0 saturated carbocycles. The molecule has 1 aliphatic heterocycles. The van der Waals surface area contributed by atoms with Gasteiger partial charge in [-0.05, 0) is 44.4 Å². The van der Waals surface area contributed by atoms with Crippen LogP contribution < -0.4 is 0 Å². The molecule has 5 nitrogen and oxygen atoms in total. The number of esters is 1. The van der Waals surface area contributed by atoms with Crippen LogP contribution in [0.1, 0.15) is 68.1 Å². The van der Waals surface area contributed by atoms with Crippen molar-refractivity contribution in [1.82, 2.24) is 4.98 Å². The molecule has 0 bridgehead atoms. The van der Waals surface area contributed by atoms with Crippen molar-refractivity contribution < 1.29 is 19.1 Å². The molecule has 3 atom stereocenters. The third kappa shape index (κ3) is 3.00. The van der Waals surface area contributed by atoms with E-state index in [9.17, 15) is 14.4 Å². The second-order valence-electron chi connectivity index (χ2n) is 7.34. The van der Waals surface area contributed by atoms with Gasteiger partial charge in [0.25, 0.3) is 0 Å². The number of hydrogen-bond donors (Lipinski definition) is 0. The van der Waals surface area contributed by atoms with Gasteiger partial charge in [0.1, 0.15) is 11.7 Å². The topological polar surface area (TPSA) is 73.3 Å². The van der Waals surface area contributed by atoms with Crippen LogP contribution in [0.25, 0.3) is 6.08 Å². The number of fused-ring (bicyclic) bond motifs is 2. The first-order chi connectivity index (χ1) is 12.4. The lowest BCUT2D eigenvalue weighted by atomic mass is 9.68. The summed E-state index contributed by atoms with van der Waals surface area (Å²) in [7, 11) is 0. The molecule has 0 radical (unpaired) electrons. The molecule has 1 fully saturated rings. The molecular weight excluding hydrogens is 330 g/mol. The summed E-state index contributed by atoms with van der Waals surface area (Å²) in [5, 5.41) is 0. The van der Waals surface area contributed by atoms with E-state index in [1.807, 2.05) is 25.1 Å². The van der Waals surface area contributed by atoms with E-state index in [-0.39, 0.29) is 11.6 Å². The molecule has 2 heterocycles. The van der Waals surface area contributed by atoms with Crippen molar-refractivity contribution in [2.75, 3.05) is 0 Å². The molecule has 0 unspecified atom stereocenters. The number of aromatic nitrogens is 1. The lowest BCUT2D eigenvalue weighted by Crippen LogP contribution is -2.47. The maximum atomic E-state index is 13.0. The Morgan fingerprint density at radius 3 is 2.85 bits per heavy atom. The zero-order chi connectivity index (χ0) is 18.9. The van der Waals surface area contributed by atoms with Gasteiger partial charge in [0.05, 0.1) is 5.69 Å². The Labute approximate surface area is 153 Å². The molecule has 26 heavy (non-hydrogen) atoms. The third-order valence-electron chi connectivity index (χ3n) is 5.53. The van der Waals surface area contributed by atoms with Crippen LogP contribution in [-0.4, -0.2) is 28.1 Å². The van der Waals surface area contributed by atoms with Gasteiger partial charge in [-0.1, -0.05) is 25.8 Å². The Balaban J connectivity index is 1.93. The van der Waals surface area contributed by atoms with Crippen LogP contribution in [-0.2, 0) is 20.7 Å². The monoisotopic (exact) mass is 355 g/mol. The summed E-state index contributed by atoms with van der Waals surface area (Å²) in [4.78, 5) is 42.4. The second-order valence-corrected chi connectivity index (χ2v) is 7.34. The number of nitrogens with zero attached hydrogens (tertiary/aromatic N) is 1. The lowest BCUT2D eigenvalue weighted by Gasteiger charge is -2.34. The van der Waals surface area contributed by atoms with Crippen molar-refractivity contribution in [3.8, 4) is 0 Å². The molecule has 0 amide bonds. The highest BCUT2D eigenvalue weighted by Gasteiger charge is 2.61. The molecule has 1 aromatic rings. The molecule has 138 valence electrons. The van der Waals surface area contributed by atoms with Crippen LogP contribution >= 0.6 is 0 Å². The molecular formula is C21H25NO4. The Morgan fingerprint density at radius 1 is 1.38 bits per heavy atom. The number of pyridine rings is 1. The predicted molar refractivity (Wildman–Crippen MR) is 97.6 cm³/mol.